The molecule has 1 aromatic carbocycles. The molecule has 0 saturated carbocycles. The Labute approximate surface area is 110 Å². The molecule has 0 aliphatic heterocycles. The van der Waals surface area contributed by atoms with Crippen molar-refractivity contribution in [3.8, 4) is 0 Å². The molecule has 19 heavy (non-hydrogen) atoms. The average Bonchev–Trinajstić information content (AvgIpc) is 2.78. The number of hydrogen-bond acceptors (Lipinski definition) is 4. The molecule has 0 aliphatic rings. The molecule has 2 rings (SSSR count). The molecule has 1 heterocycles. The lowest BCUT2D eigenvalue weighted by atomic mass is 10.2. The van der Waals surface area contributed by atoms with Gasteiger partial charge in [0, 0.05) is 13.5 Å². The highest BCUT2D eigenvalue weighted by Crippen LogP contribution is 2.10. The number of aromatic nitrogens is 2. The molecular weight excluding hydrogens is 246 g/mol. The smallest absolute Gasteiger partial charge is 0.375 e. The van der Waals surface area contributed by atoms with E-state index in [0.717, 1.165) is 5.56 Å². The van der Waals surface area contributed by atoms with Crippen LogP contribution in [0.25, 0.3) is 0 Å². The standard InChI is InChI=1S/C13H15N3O3/c1-11-14-13(16(17)18)9-15(11)7-8-19-10-12-5-3-2-4-6-12/h2-6,9H,7-8,10H2,1H3. The van der Waals surface area contributed by atoms with Crippen LogP contribution in [0.2, 0.25) is 0 Å². The Kier molecular flexibility index (Phi) is 4.25. The summed E-state index contributed by atoms with van der Waals surface area (Å²) in [6.07, 6.45) is 1.43. The fraction of sp³-hybridized carbons (Fsp3) is 0.308. The van der Waals surface area contributed by atoms with Crippen molar-refractivity contribution in [3.63, 3.8) is 0 Å². The lowest BCUT2D eigenvalue weighted by Gasteiger charge is -2.05. The highest BCUT2D eigenvalue weighted by atomic mass is 16.6. The Morgan fingerprint density at radius 1 is 1.37 bits per heavy atom. The third-order valence-corrected chi connectivity index (χ3v) is 2.74. The Morgan fingerprint density at radius 2 is 2.11 bits per heavy atom. The van der Waals surface area contributed by atoms with Crippen LogP contribution in [-0.2, 0) is 17.9 Å². The largest absolute Gasteiger partial charge is 0.381 e. The second-order valence-corrected chi connectivity index (χ2v) is 4.14. The van der Waals surface area contributed by atoms with Crippen LogP contribution in [0.1, 0.15) is 11.4 Å². The number of benzene rings is 1. The monoisotopic (exact) mass is 261 g/mol. The van der Waals surface area contributed by atoms with Crippen molar-refractivity contribution in [2.45, 2.75) is 20.1 Å². The van der Waals surface area contributed by atoms with Gasteiger partial charge in [0.1, 0.15) is 6.20 Å². The van der Waals surface area contributed by atoms with Crippen LogP contribution in [0.3, 0.4) is 0 Å². The predicted octanol–water partition coefficient (Wildman–Crippen LogP) is 2.32. The number of rotatable bonds is 6. The minimum atomic E-state index is -0.492. The maximum atomic E-state index is 10.6. The number of aryl methyl sites for hydroxylation is 1. The zero-order chi connectivity index (χ0) is 13.7. The van der Waals surface area contributed by atoms with Gasteiger partial charge >= 0.3 is 5.82 Å². The molecule has 0 N–H and O–H groups in total. The molecule has 0 fully saturated rings. The molecule has 100 valence electrons. The molecule has 0 radical (unpaired) electrons. The van der Waals surface area contributed by atoms with Crippen molar-refractivity contribution in [1.82, 2.24) is 9.55 Å². The van der Waals surface area contributed by atoms with E-state index in [-0.39, 0.29) is 5.82 Å². The summed E-state index contributed by atoms with van der Waals surface area (Å²) in [4.78, 5) is 13.9. The summed E-state index contributed by atoms with van der Waals surface area (Å²) < 4.78 is 7.26. The Morgan fingerprint density at radius 3 is 2.74 bits per heavy atom. The van der Waals surface area contributed by atoms with Crippen LogP contribution in [0, 0.1) is 17.0 Å². The highest BCUT2D eigenvalue weighted by molar-refractivity contribution is 5.16. The van der Waals surface area contributed by atoms with Crippen LogP contribution in [-0.4, -0.2) is 21.1 Å². The Balaban J connectivity index is 1.81. The molecule has 0 saturated heterocycles. The van der Waals surface area contributed by atoms with Gasteiger partial charge in [-0.05, 0) is 15.5 Å². The summed E-state index contributed by atoms with van der Waals surface area (Å²) in [6, 6.07) is 9.86. The number of ether oxygens (including phenoxy) is 1. The zero-order valence-electron chi connectivity index (χ0n) is 10.7. The van der Waals surface area contributed by atoms with Crippen molar-refractivity contribution in [2.75, 3.05) is 6.61 Å². The number of nitro groups is 1. The molecule has 0 atom stereocenters. The van der Waals surface area contributed by atoms with Gasteiger partial charge in [-0.15, -0.1) is 0 Å². The second kappa shape index (κ2) is 6.10. The van der Waals surface area contributed by atoms with E-state index in [1.165, 1.54) is 6.20 Å². The van der Waals surface area contributed by atoms with Crippen LogP contribution >= 0.6 is 0 Å². The SMILES string of the molecule is Cc1nc([N+](=O)[O-])cn1CCOCc1ccccc1. The van der Waals surface area contributed by atoms with Crippen molar-refractivity contribution in [1.29, 1.82) is 0 Å². The summed E-state index contributed by atoms with van der Waals surface area (Å²) in [6.45, 7) is 3.32. The molecule has 2 aromatic rings. The maximum absolute atomic E-state index is 10.6. The molecule has 1 aromatic heterocycles. The Bertz CT molecular complexity index is 552. The zero-order valence-corrected chi connectivity index (χ0v) is 10.7. The summed E-state index contributed by atoms with van der Waals surface area (Å²) in [5.74, 6) is 0.496. The van der Waals surface area contributed by atoms with Crippen LogP contribution in [0.4, 0.5) is 5.82 Å². The molecule has 0 aliphatic carbocycles. The first-order chi connectivity index (χ1) is 9.16. The van der Waals surface area contributed by atoms with Gasteiger partial charge in [-0.2, -0.15) is 0 Å². The molecule has 6 heteroatoms. The molecule has 0 unspecified atom stereocenters. The third kappa shape index (κ3) is 3.62. The maximum Gasteiger partial charge on any atom is 0.381 e. The van der Waals surface area contributed by atoms with E-state index in [0.29, 0.717) is 25.6 Å². The molecule has 6 nitrogen and oxygen atoms in total. The normalized spacial score (nSPS) is 10.6. The van der Waals surface area contributed by atoms with E-state index in [1.807, 2.05) is 30.3 Å². The first-order valence-electron chi connectivity index (χ1n) is 5.96. The number of nitrogens with zero attached hydrogens (tertiary/aromatic N) is 3. The van der Waals surface area contributed by atoms with E-state index in [2.05, 4.69) is 4.98 Å². The number of hydrogen-bond donors (Lipinski definition) is 0. The van der Waals surface area contributed by atoms with Gasteiger partial charge in [-0.25, -0.2) is 0 Å². The van der Waals surface area contributed by atoms with Crippen LogP contribution < -0.4 is 0 Å². The average molecular weight is 261 g/mol. The molecule has 0 amide bonds. The molecular formula is C13H15N3O3. The van der Waals surface area contributed by atoms with E-state index >= 15 is 0 Å². The first kappa shape index (κ1) is 13.2. The minimum Gasteiger partial charge on any atom is -0.375 e. The van der Waals surface area contributed by atoms with Gasteiger partial charge < -0.3 is 19.4 Å². The van der Waals surface area contributed by atoms with Gasteiger partial charge in [0.25, 0.3) is 0 Å². The van der Waals surface area contributed by atoms with Gasteiger partial charge in [0.05, 0.1) is 13.2 Å². The minimum absolute atomic E-state index is 0.124. The van der Waals surface area contributed by atoms with Gasteiger partial charge in [-0.1, -0.05) is 30.3 Å². The lowest BCUT2D eigenvalue weighted by molar-refractivity contribution is -0.389. The van der Waals surface area contributed by atoms with E-state index in [9.17, 15) is 10.1 Å². The van der Waals surface area contributed by atoms with Gasteiger partial charge in [-0.3, -0.25) is 0 Å². The van der Waals surface area contributed by atoms with Gasteiger partial charge in [0.15, 0.2) is 0 Å². The van der Waals surface area contributed by atoms with Crippen molar-refractivity contribution >= 4 is 5.82 Å². The summed E-state index contributed by atoms with van der Waals surface area (Å²) in [5, 5.41) is 10.6. The van der Waals surface area contributed by atoms with Crippen LogP contribution in [0.5, 0.6) is 0 Å². The summed E-state index contributed by atoms with van der Waals surface area (Å²) in [7, 11) is 0. The fourth-order valence-corrected chi connectivity index (χ4v) is 1.73. The third-order valence-electron chi connectivity index (χ3n) is 2.74. The highest BCUT2D eigenvalue weighted by Gasteiger charge is 2.14. The Hall–Kier alpha value is -2.21. The topological polar surface area (TPSA) is 70.2 Å². The quantitative estimate of drug-likeness (QED) is 0.454. The van der Waals surface area contributed by atoms with Crippen molar-refractivity contribution in [3.05, 3.63) is 58.0 Å². The van der Waals surface area contributed by atoms with Gasteiger partial charge in [0.2, 0.25) is 5.82 Å². The number of imidazole rings is 1. The lowest BCUT2D eigenvalue weighted by Crippen LogP contribution is -2.06. The summed E-state index contributed by atoms with van der Waals surface area (Å²) >= 11 is 0. The molecule has 0 spiro atoms. The first-order valence-corrected chi connectivity index (χ1v) is 5.96. The molecule has 0 bridgehead atoms. The van der Waals surface area contributed by atoms with E-state index < -0.39 is 4.92 Å². The fourth-order valence-electron chi connectivity index (χ4n) is 1.73. The predicted molar refractivity (Wildman–Crippen MR) is 69.7 cm³/mol. The second-order valence-electron chi connectivity index (χ2n) is 4.14. The van der Waals surface area contributed by atoms with Crippen molar-refractivity contribution < 1.29 is 9.66 Å². The van der Waals surface area contributed by atoms with E-state index in [1.54, 1.807) is 11.5 Å². The summed E-state index contributed by atoms with van der Waals surface area (Å²) in [5.41, 5.74) is 1.11. The van der Waals surface area contributed by atoms with Crippen LogP contribution in [0.15, 0.2) is 36.5 Å². The van der Waals surface area contributed by atoms with Crippen molar-refractivity contribution in [2.24, 2.45) is 0 Å². The van der Waals surface area contributed by atoms with E-state index in [4.69, 9.17) is 4.74 Å².